The summed E-state index contributed by atoms with van der Waals surface area (Å²) in [5.41, 5.74) is 0. The number of aromatic nitrogens is 2. The molecule has 1 N–H and O–H groups in total. The molecule has 1 aliphatic heterocycles. The summed E-state index contributed by atoms with van der Waals surface area (Å²) in [6.07, 6.45) is 6.93. The van der Waals surface area contributed by atoms with Gasteiger partial charge in [0.25, 0.3) is 0 Å². The van der Waals surface area contributed by atoms with Crippen molar-refractivity contribution in [2.45, 2.75) is 32.6 Å². The molecule has 0 saturated carbocycles. The van der Waals surface area contributed by atoms with E-state index in [2.05, 4.69) is 33.2 Å². The molecule has 27 heavy (non-hydrogen) atoms. The largest absolute Gasteiger partial charge is 0.469 e. The molecule has 4 heterocycles. The van der Waals surface area contributed by atoms with Crippen molar-refractivity contribution in [1.29, 1.82) is 0 Å². The molecule has 0 spiro atoms. The molecule has 1 saturated heterocycles. The zero-order valence-electron chi connectivity index (χ0n) is 15.5. The molecule has 7 heteroatoms. The zero-order valence-corrected chi connectivity index (χ0v) is 16.3. The molecule has 6 nitrogen and oxygen atoms in total. The van der Waals surface area contributed by atoms with Crippen molar-refractivity contribution in [3.05, 3.63) is 41.4 Å². The van der Waals surface area contributed by atoms with Crippen molar-refractivity contribution in [1.82, 2.24) is 15.3 Å². The van der Waals surface area contributed by atoms with E-state index in [4.69, 9.17) is 4.42 Å². The number of nitrogens with zero attached hydrogens (tertiary/aromatic N) is 3. The Morgan fingerprint density at radius 1 is 1.44 bits per heavy atom. The van der Waals surface area contributed by atoms with E-state index in [0.29, 0.717) is 13.1 Å². The van der Waals surface area contributed by atoms with Crippen LogP contribution in [0.15, 0.2) is 35.2 Å². The molecule has 0 bridgehead atoms. The summed E-state index contributed by atoms with van der Waals surface area (Å²) in [6.45, 7) is 4.39. The molecule has 0 radical (unpaired) electrons. The predicted molar refractivity (Wildman–Crippen MR) is 107 cm³/mol. The summed E-state index contributed by atoms with van der Waals surface area (Å²) in [6, 6.07) is 6.00. The number of furan rings is 1. The number of aryl methyl sites for hydroxylation is 1. The minimum Gasteiger partial charge on any atom is -0.469 e. The van der Waals surface area contributed by atoms with Gasteiger partial charge in [0.1, 0.15) is 22.7 Å². The summed E-state index contributed by atoms with van der Waals surface area (Å²) in [5, 5.41) is 4.17. The highest BCUT2D eigenvalue weighted by Gasteiger charge is 2.27. The number of nitrogens with one attached hydrogen (secondary N) is 1. The molecule has 1 atom stereocenters. The van der Waals surface area contributed by atoms with Crippen molar-refractivity contribution in [2.24, 2.45) is 5.92 Å². The lowest BCUT2D eigenvalue weighted by Gasteiger charge is -2.33. The van der Waals surface area contributed by atoms with Gasteiger partial charge < -0.3 is 14.6 Å². The van der Waals surface area contributed by atoms with Crippen LogP contribution in [0.5, 0.6) is 0 Å². The number of anilines is 1. The summed E-state index contributed by atoms with van der Waals surface area (Å²) in [7, 11) is 0. The SMILES string of the molecule is CCc1cc2c(N3CCC[C@H](C(=O)NCCc4ccco4)C3)ncnc2s1. The Morgan fingerprint density at radius 3 is 3.19 bits per heavy atom. The van der Waals surface area contributed by atoms with E-state index in [1.807, 2.05) is 12.1 Å². The highest BCUT2D eigenvalue weighted by molar-refractivity contribution is 7.18. The normalized spacial score (nSPS) is 17.4. The highest BCUT2D eigenvalue weighted by atomic mass is 32.1. The number of piperidine rings is 1. The van der Waals surface area contributed by atoms with Gasteiger partial charge in [-0.3, -0.25) is 4.79 Å². The molecule has 3 aromatic rings. The van der Waals surface area contributed by atoms with E-state index in [-0.39, 0.29) is 11.8 Å². The second-order valence-corrected chi connectivity index (χ2v) is 8.00. The Bertz CT molecular complexity index is 906. The van der Waals surface area contributed by atoms with Gasteiger partial charge in [-0.2, -0.15) is 0 Å². The third kappa shape index (κ3) is 3.98. The number of carbonyl (C=O) groups is 1. The number of amides is 1. The first-order valence-corrected chi connectivity index (χ1v) is 10.3. The Balaban J connectivity index is 1.42. The standard InChI is InChI=1S/C20H24N4O2S/c1-2-16-11-17-18(22-13-23-20(17)27-16)24-9-3-5-14(12-24)19(25)21-8-7-15-6-4-10-26-15/h4,6,10-11,13-14H,2-3,5,7-9,12H2,1H3,(H,21,25)/t14-/m0/s1. The van der Waals surface area contributed by atoms with Crippen molar-refractivity contribution in [3.63, 3.8) is 0 Å². The molecular weight excluding hydrogens is 360 g/mol. The van der Waals surface area contributed by atoms with Crippen LogP contribution < -0.4 is 10.2 Å². The molecule has 1 amide bonds. The first-order valence-electron chi connectivity index (χ1n) is 9.53. The number of fused-ring (bicyclic) bond motifs is 1. The number of hydrogen-bond donors (Lipinski definition) is 1. The maximum atomic E-state index is 12.6. The average molecular weight is 385 g/mol. The van der Waals surface area contributed by atoms with Crippen LogP contribution >= 0.6 is 11.3 Å². The molecule has 4 rings (SSSR count). The van der Waals surface area contributed by atoms with Crippen LogP contribution in [0.1, 0.15) is 30.4 Å². The van der Waals surface area contributed by atoms with Crippen LogP contribution in [0.4, 0.5) is 5.82 Å². The molecule has 1 fully saturated rings. The van der Waals surface area contributed by atoms with Gasteiger partial charge in [0, 0.05) is 30.9 Å². The van der Waals surface area contributed by atoms with Gasteiger partial charge in [-0.15, -0.1) is 11.3 Å². The predicted octanol–water partition coefficient (Wildman–Crippen LogP) is 3.42. The number of thiophene rings is 1. The van der Waals surface area contributed by atoms with Crippen LogP contribution in [-0.4, -0.2) is 35.5 Å². The third-order valence-electron chi connectivity index (χ3n) is 5.05. The van der Waals surface area contributed by atoms with Gasteiger partial charge in [-0.1, -0.05) is 6.92 Å². The quantitative estimate of drug-likeness (QED) is 0.705. The maximum absolute atomic E-state index is 12.6. The van der Waals surface area contributed by atoms with Crippen LogP contribution in [0.2, 0.25) is 0 Å². The maximum Gasteiger partial charge on any atom is 0.224 e. The Morgan fingerprint density at radius 2 is 2.37 bits per heavy atom. The van der Waals surface area contributed by atoms with Crippen LogP contribution in [-0.2, 0) is 17.6 Å². The van der Waals surface area contributed by atoms with E-state index in [1.54, 1.807) is 23.9 Å². The molecular formula is C20H24N4O2S. The minimum atomic E-state index is -0.00959. The first kappa shape index (κ1) is 18.0. The fourth-order valence-electron chi connectivity index (χ4n) is 3.61. The van der Waals surface area contributed by atoms with Crippen LogP contribution in [0.25, 0.3) is 10.2 Å². The summed E-state index contributed by atoms with van der Waals surface area (Å²) >= 11 is 1.73. The lowest BCUT2D eigenvalue weighted by molar-refractivity contribution is -0.125. The van der Waals surface area contributed by atoms with Crippen molar-refractivity contribution in [2.75, 3.05) is 24.5 Å². The monoisotopic (exact) mass is 384 g/mol. The molecule has 3 aromatic heterocycles. The lowest BCUT2D eigenvalue weighted by atomic mass is 9.97. The summed E-state index contributed by atoms with van der Waals surface area (Å²) < 4.78 is 5.32. The number of hydrogen-bond acceptors (Lipinski definition) is 6. The van der Waals surface area contributed by atoms with Gasteiger partial charge in [0.2, 0.25) is 5.91 Å². The van der Waals surface area contributed by atoms with Crippen LogP contribution in [0, 0.1) is 5.92 Å². The third-order valence-corrected chi connectivity index (χ3v) is 6.24. The molecule has 0 aromatic carbocycles. The fraction of sp³-hybridized carbons (Fsp3) is 0.450. The van der Waals surface area contributed by atoms with Gasteiger partial charge in [0.15, 0.2) is 0 Å². The molecule has 0 unspecified atom stereocenters. The minimum absolute atomic E-state index is 0.00959. The van der Waals surface area contributed by atoms with E-state index in [9.17, 15) is 4.79 Å². The Labute approximate surface area is 162 Å². The van der Waals surface area contributed by atoms with E-state index >= 15 is 0 Å². The lowest BCUT2D eigenvalue weighted by Crippen LogP contribution is -2.43. The van der Waals surface area contributed by atoms with Crippen LogP contribution in [0.3, 0.4) is 0 Å². The average Bonchev–Trinajstić information content (AvgIpc) is 3.37. The van der Waals surface area contributed by atoms with Gasteiger partial charge in [-0.25, -0.2) is 9.97 Å². The summed E-state index contributed by atoms with van der Waals surface area (Å²) in [5.74, 6) is 1.97. The number of carbonyl (C=O) groups excluding carboxylic acids is 1. The van der Waals surface area contributed by atoms with Gasteiger partial charge in [-0.05, 0) is 37.5 Å². The van der Waals surface area contributed by atoms with Gasteiger partial charge >= 0.3 is 0 Å². The second kappa shape index (κ2) is 8.08. The van der Waals surface area contributed by atoms with Crippen molar-refractivity contribution >= 4 is 33.3 Å². The fourth-order valence-corrected chi connectivity index (χ4v) is 4.54. The highest BCUT2D eigenvalue weighted by Crippen LogP contribution is 2.32. The van der Waals surface area contributed by atoms with E-state index in [0.717, 1.165) is 54.0 Å². The zero-order chi connectivity index (χ0) is 18.6. The summed E-state index contributed by atoms with van der Waals surface area (Å²) in [4.78, 5) is 26.2. The van der Waals surface area contributed by atoms with E-state index in [1.165, 1.54) is 4.88 Å². The van der Waals surface area contributed by atoms with Crippen molar-refractivity contribution < 1.29 is 9.21 Å². The second-order valence-electron chi connectivity index (χ2n) is 6.89. The number of rotatable bonds is 6. The first-order chi connectivity index (χ1) is 13.2. The van der Waals surface area contributed by atoms with E-state index < -0.39 is 0 Å². The smallest absolute Gasteiger partial charge is 0.224 e. The van der Waals surface area contributed by atoms with Gasteiger partial charge in [0.05, 0.1) is 17.6 Å². The molecule has 0 aliphatic carbocycles. The topological polar surface area (TPSA) is 71.3 Å². The van der Waals surface area contributed by atoms with Crippen molar-refractivity contribution in [3.8, 4) is 0 Å². The molecule has 142 valence electrons. The molecule has 1 aliphatic rings. The Kier molecular flexibility index (Phi) is 5.38. The Hall–Kier alpha value is -2.41.